The van der Waals surface area contributed by atoms with Gasteiger partial charge < -0.3 is 10.3 Å². The van der Waals surface area contributed by atoms with E-state index in [1.165, 1.54) is 18.5 Å². The van der Waals surface area contributed by atoms with E-state index in [1.54, 1.807) is 18.3 Å². The molecule has 4 nitrogen and oxygen atoms in total. The zero-order valence-corrected chi connectivity index (χ0v) is 9.11. The average molecular weight is 233 g/mol. The van der Waals surface area contributed by atoms with Gasteiger partial charge >= 0.3 is 0 Å². The third-order valence-electron chi connectivity index (χ3n) is 2.31. The summed E-state index contributed by atoms with van der Waals surface area (Å²) in [7, 11) is 0. The Kier molecular flexibility index (Phi) is 3.49. The van der Waals surface area contributed by atoms with Gasteiger partial charge in [0.25, 0.3) is 0 Å². The molecule has 0 aliphatic heterocycles. The number of carbonyl (C=O) groups excluding carboxylic acids is 1. The number of carbonyl (C=O) groups is 1. The Morgan fingerprint density at radius 3 is 2.76 bits per heavy atom. The fraction of sp³-hybridized carbons (Fsp3) is 0.167. The van der Waals surface area contributed by atoms with Crippen LogP contribution >= 0.6 is 0 Å². The summed E-state index contributed by atoms with van der Waals surface area (Å²) in [5.41, 5.74) is 1.63. The van der Waals surface area contributed by atoms with Gasteiger partial charge in [0.2, 0.25) is 5.91 Å². The third kappa shape index (κ3) is 3.41. The topological polar surface area (TPSA) is 57.8 Å². The minimum Gasteiger partial charge on any atom is -0.352 e. The lowest BCUT2D eigenvalue weighted by Crippen LogP contribution is -2.24. The first kappa shape index (κ1) is 11.3. The summed E-state index contributed by atoms with van der Waals surface area (Å²) >= 11 is 0. The minimum atomic E-state index is -0.280. The van der Waals surface area contributed by atoms with Crippen LogP contribution in [0.5, 0.6) is 0 Å². The Labute approximate surface area is 97.9 Å². The highest BCUT2D eigenvalue weighted by molar-refractivity contribution is 5.77. The second kappa shape index (κ2) is 5.25. The molecule has 0 bridgehead atoms. The Hall–Kier alpha value is -2.17. The lowest BCUT2D eigenvalue weighted by Gasteiger charge is -2.04. The van der Waals surface area contributed by atoms with Crippen molar-refractivity contribution in [1.29, 1.82) is 0 Å². The number of nitrogens with one attached hydrogen (secondary N) is 2. The van der Waals surface area contributed by atoms with Crippen LogP contribution in [0.15, 0.2) is 36.8 Å². The van der Waals surface area contributed by atoms with Crippen LogP contribution in [0.4, 0.5) is 4.39 Å². The molecule has 2 rings (SSSR count). The van der Waals surface area contributed by atoms with Crippen LogP contribution in [-0.2, 0) is 17.8 Å². The number of nitrogens with zero attached hydrogens (tertiary/aromatic N) is 1. The minimum absolute atomic E-state index is 0.0985. The molecule has 2 N–H and O–H groups in total. The highest BCUT2D eigenvalue weighted by Gasteiger charge is 2.03. The number of H-pyrrole nitrogens is 1. The first-order valence-electron chi connectivity index (χ1n) is 5.22. The van der Waals surface area contributed by atoms with Crippen LogP contribution in [0.25, 0.3) is 0 Å². The summed E-state index contributed by atoms with van der Waals surface area (Å²) in [6.07, 6.45) is 3.40. The normalized spacial score (nSPS) is 10.2. The maximum Gasteiger partial charge on any atom is 0.226 e. The number of amides is 1. The predicted molar refractivity (Wildman–Crippen MR) is 60.5 cm³/mol. The Balaban J connectivity index is 1.82. The van der Waals surface area contributed by atoms with Crippen molar-refractivity contribution in [3.8, 4) is 0 Å². The Morgan fingerprint density at radius 2 is 2.12 bits per heavy atom. The molecule has 0 atom stereocenters. The predicted octanol–water partition coefficient (Wildman–Crippen LogP) is 1.41. The maximum absolute atomic E-state index is 12.6. The van der Waals surface area contributed by atoms with E-state index in [0.717, 1.165) is 11.3 Å². The number of hydrogen-bond acceptors (Lipinski definition) is 2. The van der Waals surface area contributed by atoms with Crippen molar-refractivity contribution < 1.29 is 9.18 Å². The van der Waals surface area contributed by atoms with Gasteiger partial charge in [-0.1, -0.05) is 12.1 Å². The molecule has 88 valence electrons. The van der Waals surface area contributed by atoms with E-state index in [9.17, 15) is 9.18 Å². The number of benzene rings is 1. The van der Waals surface area contributed by atoms with Crippen molar-refractivity contribution in [2.45, 2.75) is 13.0 Å². The first-order chi connectivity index (χ1) is 8.24. The number of rotatable bonds is 4. The third-order valence-corrected chi connectivity index (χ3v) is 2.31. The van der Waals surface area contributed by atoms with Gasteiger partial charge in [-0.3, -0.25) is 4.79 Å². The number of aromatic amines is 1. The molecule has 1 aromatic heterocycles. The molecule has 0 saturated carbocycles. The van der Waals surface area contributed by atoms with Crippen LogP contribution < -0.4 is 5.32 Å². The lowest BCUT2D eigenvalue weighted by atomic mass is 10.2. The second-order valence-corrected chi connectivity index (χ2v) is 3.66. The average Bonchev–Trinajstić information content (AvgIpc) is 2.81. The number of halogens is 1. The SMILES string of the molecule is O=C(Cc1cnc[nH]1)NCc1ccc(F)cc1. The highest BCUT2D eigenvalue weighted by Crippen LogP contribution is 2.02. The molecule has 0 radical (unpaired) electrons. The zero-order valence-electron chi connectivity index (χ0n) is 9.11. The molecule has 0 fully saturated rings. The Morgan fingerprint density at radius 1 is 1.35 bits per heavy atom. The van der Waals surface area contributed by atoms with Gasteiger partial charge in [-0.15, -0.1) is 0 Å². The summed E-state index contributed by atoms with van der Waals surface area (Å²) in [6.45, 7) is 0.396. The van der Waals surface area contributed by atoms with Gasteiger partial charge in [-0.05, 0) is 17.7 Å². The van der Waals surface area contributed by atoms with Gasteiger partial charge in [-0.2, -0.15) is 0 Å². The summed E-state index contributed by atoms with van der Waals surface area (Å²) in [5.74, 6) is -0.379. The molecule has 0 aliphatic carbocycles. The van der Waals surface area contributed by atoms with E-state index < -0.39 is 0 Å². The Bertz CT molecular complexity index is 479. The summed E-state index contributed by atoms with van der Waals surface area (Å²) < 4.78 is 12.6. The molecule has 2 aromatic rings. The zero-order chi connectivity index (χ0) is 12.1. The van der Waals surface area contributed by atoms with E-state index >= 15 is 0 Å². The lowest BCUT2D eigenvalue weighted by molar-refractivity contribution is -0.120. The maximum atomic E-state index is 12.6. The highest BCUT2D eigenvalue weighted by atomic mass is 19.1. The smallest absolute Gasteiger partial charge is 0.226 e. The molecule has 1 amide bonds. The van der Waals surface area contributed by atoms with Crippen LogP contribution in [0.3, 0.4) is 0 Å². The molecule has 0 unspecified atom stereocenters. The van der Waals surface area contributed by atoms with Crippen molar-refractivity contribution in [2.75, 3.05) is 0 Å². The number of aromatic nitrogens is 2. The molecule has 0 spiro atoms. The molecule has 1 heterocycles. The molecule has 1 aromatic carbocycles. The summed E-state index contributed by atoms with van der Waals surface area (Å²) in [5, 5.41) is 2.75. The van der Waals surface area contributed by atoms with E-state index in [-0.39, 0.29) is 18.1 Å². The van der Waals surface area contributed by atoms with Gasteiger partial charge in [0.15, 0.2) is 0 Å². The van der Waals surface area contributed by atoms with Crippen molar-refractivity contribution in [1.82, 2.24) is 15.3 Å². The van der Waals surface area contributed by atoms with Crippen molar-refractivity contribution in [3.63, 3.8) is 0 Å². The van der Waals surface area contributed by atoms with Crippen LogP contribution in [0, 0.1) is 5.82 Å². The van der Waals surface area contributed by atoms with Crippen LogP contribution in [-0.4, -0.2) is 15.9 Å². The fourth-order valence-electron chi connectivity index (χ4n) is 1.42. The molecular formula is C12H12FN3O. The largest absolute Gasteiger partial charge is 0.352 e. The van der Waals surface area contributed by atoms with Crippen molar-refractivity contribution in [3.05, 3.63) is 53.9 Å². The van der Waals surface area contributed by atoms with Gasteiger partial charge in [0.05, 0.1) is 12.7 Å². The van der Waals surface area contributed by atoms with Crippen LogP contribution in [0.2, 0.25) is 0 Å². The molecule has 0 saturated heterocycles. The van der Waals surface area contributed by atoms with E-state index in [2.05, 4.69) is 15.3 Å². The van der Waals surface area contributed by atoms with Crippen LogP contribution in [0.1, 0.15) is 11.3 Å². The van der Waals surface area contributed by atoms with Crippen molar-refractivity contribution >= 4 is 5.91 Å². The molecule has 17 heavy (non-hydrogen) atoms. The van der Waals surface area contributed by atoms with Gasteiger partial charge in [0, 0.05) is 18.4 Å². The van der Waals surface area contributed by atoms with Gasteiger partial charge in [-0.25, -0.2) is 9.37 Å². The molecular weight excluding hydrogens is 221 g/mol. The van der Waals surface area contributed by atoms with Gasteiger partial charge in [0.1, 0.15) is 5.82 Å². The molecule has 5 heteroatoms. The standard InChI is InChI=1S/C12H12FN3O/c13-10-3-1-9(2-4-10)6-15-12(17)5-11-7-14-8-16-11/h1-4,7-8H,5-6H2,(H,14,16)(H,15,17). The molecule has 0 aliphatic rings. The van der Waals surface area contributed by atoms with E-state index in [0.29, 0.717) is 6.54 Å². The number of imidazole rings is 1. The first-order valence-corrected chi connectivity index (χ1v) is 5.22. The van der Waals surface area contributed by atoms with E-state index in [1.807, 2.05) is 0 Å². The number of hydrogen-bond donors (Lipinski definition) is 2. The second-order valence-electron chi connectivity index (χ2n) is 3.66. The van der Waals surface area contributed by atoms with Crippen molar-refractivity contribution in [2.24, 2.45) is 0 Å². The monoisotopic (exact) mass is 233 g/mol. The summed E-state index contributed by atoms with van der Waals surface area (Å²) in [6, 6.07) is 6.03. The van der Waals surface area contributed by atoms with E-state index in [4.69, 9.17) is 0 Å². The fourth-order valence-corrected chi connectivity index (χ4v) is 1.42. The summed E-state index contributed by atoms with van der Waals surface area (Å²) in [4.78, 5) is 18.2. The quantitative estimate of drug-likeness (QED) is 0.838.